The SMILES string of the molecule is CN(Cc1ccc(Cl)s1)C(=O)CN1CCNc2ccccc21. The summed E-state index contributed by atoms with van der Waals surface area (Å²) in [5, 5.41) is 3.36. The van der Waals surface area contributed by atoms with E-state index >= 15 is 0 Å². The first-order chi connectivity index (χ1) is 10.6. The largest absolute Gasteiger partial charge is 0.382 e. The lowest BCUT2D eigenvalue weighted by atomic mass is 10.2. The smallest absolute Gasteiger partial charge is 0.242 e. The van der Waals surface area contributed by atoms with Crippen LogP contribution in [-0.4, -0.2) is 37.5 Å². The van der Waals surface area contributed by atoms with Crippen LogP contribution in [-0.2, 0) is 11.3 Å². The van der Waals surface area contributed by atoms with Crippen LogP contribution >= 0.6 is 22.9 Å². The molecule has 0 atom stereocenters. The fourth-order valence-corrected chi connectivity index (χ4v) is 3.69. The minimum atomic E-state index is 0.112. The Morgan fingerprint density at radius 3 is 2.95 bits per heavy atom. The number of nitrogens with one attached hydrogen (secondary N) is 1. The molecule has 1 N–H and O–H groups in total. The Hall–Kier alpha value is -1.72. The number of benzene rings is 1. The van der Waals surface area contributed by atoms with E-state index in [1.165, 1.54) is 11.3 Å². The van der Waals surface area contributed by atoms with E-state index in [-0.39, 0.29) is 5.91 Å². The van der Waals surface area contributed by atoms with Crippen LogP contribution in [0.3, 0.4) is 0 Å². The number of nitrogens with zero attached hydrogens (tertiary/aromatic N) is 2. The fourth-order valence-electron chi connectivity index (χ4n) is 2.55. The van der Waals surface area contributed by atoms with Crippen LogP contribution in [0.5, 0.6) is 0 Å². The average Bonchev–Trinajstić information content (AvgIpc) is 2.92. The molecule has 0 saturated heterocycles. The van der Waals surface area contributed by atoms with Gasteiger partial charge in [-0.15, -0.1) is 11.3 Å². The maximum Gasteiger partial charge on any atom is 0.242 e. The standard InChI is InChI=1S/C16H18ClN3OS/c1-19(10-12-6-7-15(17)22-12)16(21)11-20-9-8-18-13-4-2-3-5-14(13)20/h2-7,18H,8-11H2,1H3. The first-order valence-electron chi connectivity index (χ1n) is 7.19. The molecule has 4 nitrogen and oxygen atoms in total. The van der Waals surface area contributed by atoms with E-state index in [1.54, 1.807) is 4.90 Å². The molecule has 0 spiro atoms. The molecule has 3 rings (SSSR count). The van der Waals surface area contributed by atoms with Crippen LogP contribution in [0.15, 0.2) is 36.4 Å². The van der Waals surface area contributed by atoms with E-state index < -0.39 is 0 Å². The van der Waals surface area contributed by atoms with Gasteiger partial charge in [0, 0.05) is 25.0 Å². The topological polar surface area (TPSA) is 35.6 Å². The number of hydrogen-bond acceptors (Lipinski definition) is 4. The first kappa shape index (κ1) is 15.2. The predicted molar refractivity (Wildman–Crippen MR) is 92.9 cm³/mol. The molecule has 1 aliphatic heterocycles. The summed E-state index contributed by atoms with van der Waals surface area (Å²) >= 11 is 7.45. The Balaban J connectivity index is 1.64. The lowest BCUT2D eigenvalue weighted by Crippen LogP contribution is -2.42. The second-order valence-corrected chi connectivity index (χ2v) is 7.12. The van der Waals surface area contributed by atoms with Gasteiger partial charge in [-0.05, 0) is 24.3 Å². The second kappa shape index (κ2) is 6.58. The van der Waals surface area contributed by atoms with Crippen LogP contribution in [0.25, 0.3) is 0 Å². The van der Waals surface area contributed by atoms with E-state index in [2.05, 4.69) is 10.2 Å². The van der Waals surface area contributed by atoms with Gasteiger partial charge in [-0.25, -0.2) is 0 Å². The normalized spacial score (nSPS) is 13.5. The molecule has 0 bridgehead atoms. The quantitative estimate of drug-likeness (QED) is 0.931. The molecule has 0 fully saturated rings. The molecular formula is C16H18ClN3OS. The molecule has 22 heavy (non-hydrogen) atoms. The van der Waals surface area contributed by atoms with Crippen LogP contribution in [0.2, 0.25) is 4.34 Å². The lowest BCUT2D eigenvalue weighted by Gasteiger charge is -2.32. The highest BCUT2D eigenvalue weighted by atomic mass is 35.5. The highest BCUT2D eigenvalue weighted by Crippen LogP contribution is 2.28. The van der Waals surface area contributed by atoms with Crippen molar-refractivity contribution >= 4 is 40.2 Å². The molecule has 0 unspecified atom stereocenters. The number of halogens is 1. The molecule has 1 aromatic heterocycles. The summed E-state index contributed by atoms with van der Waals surface area (Å²) in [6.07, 6.45) is 0. The molecule has 116 valence electrons. The van der Waals surface area contributed by atoms with Crippen molar-refractivity contribution in [2.75, 3.05) is 36.9 Å². The minimum Gasteiger partial charge on any atom is -0.382 e. The van der Waals surface area contributed by atoms with Gasteiger partial charge in [0.2, 0.25) is 5.91 Å². The second-order valence-electron chi connectivity index (χ2n) is 5.32. The van der Waals surface area contributed by atoms with Crippen molar-refractivity contribution in [1.82, 2.24) is 4.90 Å². The summed E-state index contributed by atoms with van der Waals surface area (Å²) in [5.41, 5.74) is 2.18. The third kappa shape index (κ3) is 3.36. The molecule has 2 aromatic rings. The van der Waals surface area contributed by atoms with Gasteiger partial charge in [0.25, 0.3) is 0 Å². The molecule has 0 aliphatic carbocycles. The summed E-state index contributed by atoms with van der Waals surface area (Å²) in [6, 6.07) is 11.9. The third-order valence-corrected chi connectivity index (χ3v) is 4.93. The van der Waals surface area contributed by atoms with Crippen LogP contribution in [0, 0.1) is 0 Å². The lowest BCUT2D eigenvalue weighted by molar-refractivity contribution is -0.128. The van der Waals surface area contributed by atoms with Crippen molar-refractivity contribution in [2.45, 2.75) is 6.54 Å². The summed E-state index contributed by atoms with van der Waals surface area (Å²) in [5.74, 6) is 0.112. The Kier molecular flexibility index (Phi) is 4.55. The third-order valence-electron chi connectivity index (χ3n) is 3.72. The number of para-hydroxylation sites is 2. The van der Waals surface area contributed by atoms with Crippen LogP contribution in [0.4, 0.5) is 11.4 Å². The van der Waals surface area contributed by atoms with Gasteiger partial charge in [-0.1, -0.05) is 23.7 Å². The van der Waals surface area contributed by atoms with E-state index in [0.29, 0.717) is 13.1 Å². The van der Waals surface area contributed by atoms with Gasteiger partial charge in [-0.2, -0.15) is 0 Å². The first-order valence-corrected chi connectivity index (χ1v) is 8.39. The molecule has 2 heterocycles. The zero-order chi connectivity index (χ0) is 15.5. The highest BCUT2D eigenvalue weighted by Gasteiger charge is 2.20. The number of rotatable bonds is 4. The molecule has 1 amide bonds. The van der Waals surface area contributed by atoms with Crippen molar-refractivity contribution in [1.29, 1.82) is 0 Å². The number of amides is 1. The van der Waals surface area contributed by atoms with Gasteiger partial charge in [0.05, 0.1) is 28.8 Å². The van der Waals surface area contributed by atoms with Gasteiger partial charge in [0.15, 0.2) is 0 Å². The van der Waals surface area contributed by atoms with Crippen molar-refractivity contribution in [3.05, 3.63) is 45.6 Å². The maximum absolute atomic E-state index is 12.5. The van der Waals surface area contributed by atoms with E-state index in [0.717, 1.165) is 33.7 Å². The monoisotopic (exact) mass is 335 g/mol. The molecular weight excluding hydrogens is 318 g/mol. The molecule has 0 radical (unpaired) electrons. The average molecular weight is 336 g/mol. The molecule has 6 heteroatoms. The van der Waals surface area contributed by atoms with Crippen molar-refractivity contribution < 1.29 is 4.79 Å². The number of hydrogen-bond donors (Lipinski definition) is 1. The van der Waals surface area contributed by atoms with Gasteiger partial charge in [-0.3, -0.25) is 4.79 Å². The zero-order valence-electron chi connectivity index (χ0n) is 12.4. The summed E-state index contributed by atoms with van der Waals surface area (Å²) in [6.45, 7) is 2.69. The highest BCUT2D eigenvalue weighted by molar-refractivity contribution is 7.16. The fraction of sp³-hybridized carbons (Fsp3) is 0.312. The van der Waals surface area contributed by atoms with Crippen molar-refractivity contribution in [3.8, 4) is 0 Å². The van der Waals surface area contributed by atoms with Gasteiger partial charge < -0.3 is 15.1 Å². The van der Waals surface area contributed by atoms with Gasteiger partial charge in [0.1, 0.15) is 0 Å². The minimum absolute atomic E-state index is 0.112. The van der Waals surface area contributed by atoms with Gasteiger partial charge >= 0.3 is 0 Å². The summed E-state index contributed by atoms with van der Waals surface area (Å²) in [4.78, 5) is 17.5. The number of thiophene rings is 1. The maximum atomic E-state index is 12.5. The molecule has 1 aromatic carbocycles. The van der Waals surface area contributed by atoms with E-state index in [1.807, 2.05) is 43.4 Å². The number of carbonyl (C=O) groups is 1. The van der Waals surface area contributed by atoms with Crippen molar-refractivity contribution in [2.24, 2.45) is 0 Å². The molecule has 0 saturated carbocycles. The predicted octanol–water partition coefficient (Wildman–Crippen LogP) is 3.29. The number of likely N-dealkylation sites (N-methyl/N-ethyl adjacent to an activating group) is 1. The Morgan fingerprint density at radius 2 is 2.18 bits per heavy atom. The van der Waals surface area contributed by atoms with E-state index in [4.69, 9.17) is 11.6 Å². The summed E-state index contributed by atoms with van der Waals surface area (Å²) in [7, 11) is 1.84. The van der Waals surface area contributed by atoms with E-state index in [9.17, 15) is 4.79 Å². The number of anilines is 2. The molecule has 1 aliphatic rings. The Labute approximate surface area is 139 Å². The summed E-state index contributed by atoms with van der Waals surface area (Å²) < 4.78 is 0.756. The Morgan fingerprint density at radius 1 is 1.36 bits per heavy atom. The number of carbonyl (C=O) groups excluding carboxylic acids is 1. The van der Waals surface area contributed by atoms with Crippen molar-refractivity contribution in [3.63, 3.8) is 0 Å². The van der Waals surface area contributed by atoms with Crippen LogP contribution in [0.1, 0.15) is 4.88 Å². The van der Waals surface area contributed by atoms with Crippen LogP contribution < -0.4 is 10.2 Å². The zero-order valence-corrected chi connectivity index (χ0v) is 14.0. The number of fused-ring (bicyclic) bond motifs is 1. The Bertz CT molecular complexity index is 673.